The Labute approximate surface area is 111 Å². The summed E-state index contributed by atoms with van der Waals surface area (Å²) in [5.41, 5.74) is -1.39. The van der Waals surface area contributed by atoms with E-state index in [0.717, 1.165) is 0 Å². The Morgan fingerprint density at radius 2 is 1.69 bits per heavy atom. The molecule has 0 amide bonds. The van der Waals surface area contributed by atoms with Gasteiger partial charge in [-0.2, -0.15) is 13.2 Å². The maximum Gasteiger partial charge on any atom is 1.00 e. The molecule has 1 aromatic carbocycles. The molecule has 0 aliphatic rings. The van der Waals surface area contributed by atoms with E-state index in [1.807, 2.05) is 0 Å². The quantitative estimate of drug-likeness (QED) is 0.363. The maximum atomic E-state index is 12.7. The minimum Gasteiger partial charge on any atom is -0.744 e. The third-order valence-corrected chi connectivity index (χ3v) is 2.38. The number of alkyl halides is 3. The third-order valence-electron chi connectivity index (χ3n) is 1.53. The van der Waals surface area contributed by atoms with Crippen LogP contribution in [0.15, 0.2) is 23.1 Å². The van der Waals surface area contributed by atoms with Crippen molar-refractivity contribution in [3.05, 3.63) is 29.6 Å². The summed E-state index contributed by atoms with van der Waals surface area (Å²) in [5.74, 6) is -1.50. The van der Waals surface area contributed by atoms with Crippen molar-refractivity contribution in [2.45, 2.75) is 11.1 Å². The SMILES string of the molecule is O=S(=O)([O-])c1cc(C(F)(F)F)ccc1F.[Na+]. The van der Waals surface area contributed by atoms with Crippen molar-refractivity contribution in [3.8, 4) is 0 Å². The first-order chi connectivity index (χ1) is 6.62. The Morgan fingerprint density at radius 3 is 2.06 bits per heavy atom. The van der Waals surface area contributed by atoms with E-state index in [4.69, 9.17) is 0 Å². The number of rotatable bonds is 1. The van der Waals surface area contributed by atoms with Crippen LogP contribution in [0.5, 0.6) is 0 Å². The first kappa shape index (κ1) is 15.9. The molecule has 0 radical (unpaired) electrons. The van der Waals surface area contributed by atoms with Crippen molar-refractivity contribution in [1.29, 1.82) is 0 Å². The molecular formula is C7H3F4NaO3S. The first-order valence-corrected chi connectivity index (χ1v) is 4.86. The summed E-state index contributed by atoms with van der Waals surface area (Å²) in [6.07, 6.45) is -4.83. The molecule has 0 saturated heterocycles. The second-order valence-corrected chi connectivity index (χ2v) is 3.95. The average molecular weight is 266 g/mol. The minimum atomic E-state index is -5.24. The second kappa shape index (κ2) is 5.01. The molecule has 0 aromatic heterocycles. The molecule has 3 nitrogen and oxygen atoms in total. The fraction of sp³-hybridized carbons (Fsp3) is 0.143. The van der Waals surface area contributed by atoms with Gasteiger partial charge < -0.3 is 4.55 Å². The van der Waals surface area contributed by atoms with Crippen molar-refractivity contribution in [2.75, 3.05) is 0 Å². The molecule has 0 N–H and O–H groups in total. The Hall–Kier alpha value is -0.150. The van der Waals surface area contributed by atoms with Crippen molar-refractivity contribution < 1.29 is 60.1 Å². The van der Waals surface area contributed by atoms with Gasteiger partial charge in [-0.05, 0) is 18.2 Å². The third kappa shape index (κ3) is 3.70. The van der Waals surface area contributed by atoms with Crippen LogP contribution in [0.1, 0.15) is 5.56 Å². The van der Waals surface area contributed by atoms with Gasteiger partial charge in [-0.3, -0.25) is 0 Å². The van der Waals surface area contributed by atoms with Crippen LogP contribution in [0.4, 0.5) is 17.6 Å². The summed E-state index contributed by atoms with van der Waals surface area (Å²) < 4.78 is 80.0. The molecule has 1 aromatic rings. The normalized spacial score (nSPS) is 12.1. The van der Waals surface area contributed by atoms with E-state index < -0.39 is 32.6 Å². The largest absolute Gasteiger partial charge is 1.00 e. The fourth-order valence-corrected chi connectivity index (χ4v) is 1.45. The van der Waals surface area contributed by atoms with Gasteiger partial charge in [0.2, 0.25) is 0 Å². The molecule has 1 rings (SSSR count). The van der Waals surface area contributed by atoms with Crippen LogP contribution >= 0.6 is 0 Å². The summed E-state index contributed by atoms with van der Waals surface area (Å²) in [6, 6.07) is 0.606. The fourth-order valence-electron chi connectivity index (χ4n) is 0.871. The van der Waals surface area contributed by atoms with Crippen molar-refractivity contribution in [2.24, 2.45) is 0 Å². The first-order valence-electron chi connectivity index (χ1n) is 3.45. The van der Waals surface area contributed by atoms with Gasteiger partial charge in [0, 0.05) is 0 Å². The molecule has 0 atom stereocenters. The zero-order valence-corrected chi connectivity index (χ0v) is 10.7. The van der Waals surface area contributed by atoms with E-state index in [1.165, 1.54) is 0 Å². The monoisotopic (exact) mass is 266 g/mol. The number of hydrogen-bond acceptors (Lipinski definition) is 3. The molecule has 0 bridgehead atoms. The van der Waals surface area contributed by atoms with Crippen LogP contribution in [0.2, 0.25) is 0 Å². The number of hydrogen-bond donors (Lipinski definition) is 0. The van der Waals surface area contributed by atoms with Crippen LogP contribution in [-0.4, -0.2) is 13.0 Å². The Balaban J connectivity index is 0.00000225. The molecule has 0 fully saturated rings. The Kier molecular flexibility index (Phi) is 4.96. The van der Waals surface area contributed by atoms with Crippen molar-refractivity contribution >= 4 is 10.1 Å². The minimum absolute atomic E-state index is 0. The molecule has 9 heteroatoms. The zero-order valence-electron chi connectivity index (χ0n) is 7.88. The van der Waals surface area contributed by atoms with Gasteiger partial charge in [0.1, 0.15) is 15.9 Å². The Bertz CT molecular complexity index is 483. The summed E-state index contributed by atoms with van der Waals surface area (Å²) >= 11 is 0. The van der Waals surface area contributed by atoms with Crippen LogP contribution in [-0.2, 0) is 16.3 Å². The van der Waals surface area contributed by atoms with Crippen LogP contribution in [0.3, 0.4) is 0 Å². The molecule has 0 unspecified atom stereocenters. The van der Waals surface area contributed by atoms with E-state index in [9.17, 15) is 30.5 Å². The molecular weight excluding hydrogens is 263 g/mol. The number of halogens is 4. The molecule has 0 saturated carbocycles. The van der Waals surface area contributed by atoms with Crippen LogP contribution in [0, 0.1) is 5.82 Å². The van der Waals surface area contributed by atoms with Gasteiger partial charge in [0.15, 0.2) is 0 Å². The van der Waals surface area contributed by atoms with Crippen LogP contribution in [0.25, 0.3) is 0 Å². The van der Waals surface area contributed by atoms with E-state index in [2.05, 4.69) is 0 Å². The summed E-state index contributed by atoms with van der Waals surface area (Å²) in [5, 5.41) is 0. The van der Waals surface area contributed by atoms with Crippen molar-refractivity contribution in [3.63, 3.8) is 0 Å². The molecule has 0 spiro atoms. The number of benzene rings is 1. The van der Waals surface area contributed by atoms with E-state index in [0.29, 0.717) is 6.07 Å². The Morgan fingerprint density at radius 1 is 1.19 bits per heavy atom. The van der Waals surface area contributed by atoms with Crippen molar-refractivity contribution in [1.82, 2.24) is 0 Å². The van der Waals surface area contributed by atoms with Crippen LogP contribution < -0.4 is 29.6 Å². The predicted octanol–water partition coefficient (Wildman–Crippen LogP) is -1.25. The van der Waals surface area contributed by atoms with Gasteiger partial charge in [0.05, 0.1) is 10.5 Å². The van der Waals surface area contributed by atoms with Gasteiger partial charge in [-0.25, -0.2) is 12.8 Å². The van der Waals surface area contributed by atoms with E-state index >= 15 is 0 Å². The maximum absolute atomic E-state index is 12.7. The topological polar surface area (TPSA) is 57.2 Å². The predicted molar refractivity (Wildman–Crippen MR) is 39.4 cm³/mol. The zero-order chi connectivity index (χ0) is 11.9. The molecule has 16 heavy (non-hydrogen) atoms. The molecule has 84 valence electrons. The summed E-state index contributed by atoms with van der Waals surface area (Å²) in [7, 11) is -5.24. The average Bonchev–Trinajstić information content (AvgIpc) is 2.00. The standard InChI is InChI=1S/C7H4F4O3S.Na/c8-5-2-1-4(7(9,10)11)3-6(5)15(12,13)14;/h1-3H,(H,12,13,14);/q;+1/p-1. The smallest absolute Gasteiger partial charge is 0.744 e. The summed E-state index contributed by atoms with van der Waals surface area (Å²) in [6.45, 7) is 0. The van der Waals surface area contributed by atoms with E-state index in [-0.39, 0.29) is 41.7 Å². The second-order valence-electron chi connectivity index (χ2n) is 2.60. The molecule has 0 aliphatic carbocycles. The van der Waals surface area contributed by atoms with E-state index in [1.54, 1.807) is 0 Å². The molecule has 0 heterocycles. The van der Waals surface area contributed by atoms with Gasteiger partial charge in [0.25, 0.3) is 0 Å². The molecule has 0 aliphatic heterocycles. The van der Waals surface area contributed by atoms with Gasteiger partial charge >= 0.3 is 35.7 Å². The summed E-state index contributed by atoms with van der Waals surface area (Å²) in [4.78, 5) is -1.50. The van der Waals surface area contributed by atoms with Gasteiger partial charge in [-0.1, -0.05) is 0 Å². The van der Waals surface area contributed by atoms with Gasteiger partial charge in [-0.15, -0.1) is 0 Å².